The lowest BCUT2D eigenvalue weighted by molar-refractivity contribution is 0.0950. The molecule has 112 valence electrons. The molecule has 1 amide bonds. The maximum atomic E-state index is 12.1. The quantitative estimate of drug-likeness (QED) is 0.792. The number of benzene rings is 1. The molecule has 0 saturated carbocycles. The molecule has 0 aliphatic heterocycles. The van der Waals surface area contributed by atoms with Crippen molar-refractivity contribution in [3.05, 3.63) is 57.0 Å². The van der Waals surface area contributed by atoms with Gasteiger partial charge in [-0.1, -0.05) is 12.1 Å². The lowest BCUT2D eigenvalue weighted by Gasteiger charge is -2.04. The Kier molecular flexibility index (Phi) is 4.31. The van der Waals surface area contributed by atoms with Crippen LogP contribution < -0.4 is 5.32 Å². The Bertz CT molecular complexity index is 790. The van der Waals surface area contributed by atoms with Crippen molar-refractivity contribution in [2.24, 2.45) is 0 Å². The van der Waals surface area contributed by atoms with Gasteiger partial charge in [0, 0.05) is 27.6 Å². The zero-order valence-corrected chi connectivity index (χ0v) is 13.9. The number of nitrogens with one attached hydrogen (secondary N) is 1. The van der Waals surface area contributed by atoms with E-state index in [9.17, 15) is 4.79 Å². The number of hydrogen-bond donors (Lipinski definition) is 1. The largest absolute Gasteiger partial charge is 0.346 e. The second kappa shape index (κ2) is 6.37. The van der Waals surface area contributed by atoms with Gasteiger partial charge < -0.3 is 5.32 Å². The van der Waals surface area contributed by atoms with Crippen molar-refractivity contribution in [3.63, 3.8) is 0 Å². The molecule has 0 spiro atoms. The number of thiazole rings is 2. The fourth-order valence-corrected chi connectivity index (χ4v) is 3.43. The molecule has 3 aromatic rings. The summed E-state index contributed by atoms with van der Waals surface area (Å²) in [6.45, 7) is 4.38. The van der Waals surface area contributed by atoms with Crippen molar-refractivity contribution in [1.29, 1.82) is 0 Å². The number of nitrogens with zero attached hydrogens (tertiary/aromatic N) is 2. The summed E-state index contributed by atoms with van der Waals surface area (Å²) in [6, 6.07) is 7.52. The monoisotopic (exact) mass is 329 g/mol. The van der Waals surface area contributed by atoms with Crippen molar-refractivity contribution in [2.45, 2.75) is 20.4 Å². The molecule has 0 fully saturated rings. The molecular formula is C16H15N3OS2. The Morgan fingerprint density at radius 3 is 2.45 bits per heavy atom. The highest BCUT2D eigenvalue weighted by molar-refractivity contribution is 7.13. The molecule has 1 N–H and O–H groups in total. The summed E-state index contributed by atoms with van der Waals surface area (Å²) in [5.74, 6) is -0.0903. The first-order valence-electron chi connectivity index (χ1n) is 6.83. The lowest BCUT2D eigenvalue weighted by atomic mass is 10.1. The van der Waals surface area contributed by atoms with Crippen LogP contribution in [0.25, 0.3) is 10.6 Å². The second-order valence-electron chi connectivity index (χ2n) is 4.91. The summed E-state index contributed by atoms with van der Waals surface area (Å²) in [5.41, 5.74) is 3.58. The van der Waals surface area contributed by atoms with Gasteiger partial charge in [-0.3, -0.25) is 4.79 Å². The molecule has 0 radical (unpaired) electrons. The Balaban J connectivity index is 1.65. The van der Waals surface area contributed by atoms with Crippen LogP contribution in [0.2, 0.25) is 0 Å². The van der Waals surface area contributed by atoms with E-state index in [2.05, 4.69) is 15.3 Å². The third kappa shape index (κ3) is 3.40. The topological polar surface area (TPSA) is 54.9 Å². The molecule has 2 heterocycles. The summed E-state index contributed by atoms with van der Waals surface area (Å²) in [6.07, 6.45) is 0. The van der Waals surface area contributed by atoms with Gasteiger partial charge in [-0.25, -0.2) is 9.97 Å². The molecule has 0 atom stereocenters. The fraction of sp³-hybridized carbons (Fsp3) is 0.188. The van der Waals surface area contributed by atoms with Crippen molar-refractivity contribution in [1.82, 2.24) is 15.3 Å². The number of hydrogen-bond acceptors (Lipinski definition) is 5. The number of rotatable bonds is 4. The first-order chi connectivity index (χ1) is 10.6. The summed E-state index contributed by atoms with van der Waals surface area (Å²) >= 11 is 3.19. The average Bonchev–Trinajstić information content (AvgIpc) is 3.13. The smallest absolute Gasteiger partial charge is 0.251 e. The Morgan fingerprint density at radius 2 is 1.86 bits per heavy atom. The van der Waals surface area contributed by atoms with E-state index in [0.717, 1.165) is 27.0 Å². The molecule has 0 bridgehead atoms. The highest BCUT2D eigenvalue weighted by atomic mass is 32.1. The minimum Gasteiger partial charge on any atom is -0.346 e. The van der Waals surface area contributed by atoms with E-state index >= 15 is 0 Å². The van der Waals surface area contributed by atoms with Crippen LogP contribution in [0.1, 0.15) is 26.8 Å². The summed E-state index contributed by atoms with van der Waals surface area (Å²) in [7, 11) is 0. The van der Waals surface area contributed by atoms with Gasteiger partial charge in [-0.15, -0.1) is 22.7 Å². The van der Waals surface area contributed by atoms with Crippen LogP contribution in [0.5, 0.6) is 0 Å². The van der Waals surface area contributed by atoms with Gasteiger partial charge in [0.05, 0.1) is 17.2 Å². The van der Waals surface area contributed by atoms with Gasteiger partial charge in [0.25, 0.3) is 5.91 Å². The van der Waals surface area contributed by atoms with E-state index in [-0.39, 0.29) is 5.91 Å². The van der Waals surface area contributed by atoms with Crippen molar-refractivity contribution >= 4 is 28.6 Å². The van der Waals surface area contributed by atoms with E-state index in [0.29, 0.717) is 12.1 Å². The normalized spacial score (nSPS) is 10.6. The highest BCUT2D eigenvalue weighted by Crippen LogP contribution is 2.23. The van der Waals surface area contributed by atoms with Crippen LogP contribution in [-0.4, -0.2) is 15.9 Å². The van der Waals surface area contributed by atoms with E-state index in [1.165, 1.54) is 0 Å². The van der Waals surface area contributed by atoms with Crippen LogP contribution in [-0.2, 0) is 6.54 Å². The number of aryl methyl sites for hydroxylation is 2. The third-order valence-corrected chi connectivity index (χ3v) is 4.94. The zero-order chi connectivity index (χ0) is 15.5. The van der Waals surface area contributed by atoms with Gasteiger partial charge in [0.2, 0.25) is 0 Å². The van der Waals surface area contributed by atoms with E-state index < -0.39 is 0 Å². The molecule has 22 heavy (non-hydrogen) atoms. The molecule has 4 nitrogen and oxygen atoms in total. The van der Waals surface area contributed by atoms with Crippen molar-refractivity contribution in [2.75, 3.05) is 0 Å². The molecular weight excluding hydrogens is 314 g/mol. The standard InChI is InChI=1S/C16H15N3OS2/c1-10-8-22-16(18-10)13-5-3-12(4-6-13)15(20)17-7-14-9-21-11(2)19-14/h3-6,8-9H,7H2,1-2H3,(H,17,20). The molecule has 3 rings (SSSR count). The fourth-order valence-electron chi connectivity index (χ4n) is 2.01. The van der Waals surface area contributed by atoms with Crippen LogP contribution >= 0.6 is 22.7 Å². The first kappa shape index (κ1) is 14.9. The molecule has 1 aromatic carbocycles. The second-order valence-corrected chi connectivity index (χ2v) is 6.83. The Hall–Kier alpha value is -2.05. The van der Waals surface area contributed by atoms with E-state index in [4.69, 9.17) is 0 Å². The zero-order valence-electron chi connectivity index (χ0n) is 12.3. The van der Waals surface area contributed by atoms with Gasteiger partial charge in [0.15, 0.2) is 0 Å². The Morgan fingerprint density at radius 1 is 1.09 bits per heavy atom. The summed E-state index contributed by atoms with van der Waals surface area (Å²) in [5, 5.41) is 8.85. The predicted octanol–water partition coefficient (Wildman–Crippen LogP) is 3.81. The van der Waals surface area contributed by atoms with E-state index in [1.54, 1.807) is 22.7 Å². The summed E-state index contributed by atoms with van der Waals surface area (Å²) < 4.78 is 0. The van der Waals surface area contributed by atoms with Crippen LogP contribution in [0.15, 0.2) is 35.0 Å². The molecule has 0 aliphatic carbocycles. The average molecular weight is 329 g/mol. The number of carbonyl (C=O) groups excluding carboxylic acids is 1. The van der Waals surface area contributed by atoms with Crippen LogP contribution in [0.4, 0.5) is 0 Å². The number of aromatic nitrogens is 2. The first-order valence-corrected chi connectivity index (χ1v) is 8.59. The maximum absolute atomic E-state index is 12.1. The molecule has 0 unspecified atom stereocenters. The predicted molar refractivity (Wildman–Crippen MR) is 90.3 cm³/mol. The molecule has 6 heteroatoms. The molecule has 2 aromatic heterocycles. The maximum Gasteiger partial charge on any atom is 0.251 e. The van der Waals surface area contributed by atoms with Crippen molar-refractivity contribution < 1.29 is 4.79 Å². The van der Waals surface area contributed by atoms with Crippen LogP contribution in [0.3, 0.4) is 0 Å². The van der Waals surface area contributed by atoms with Gasteiger partial charge >= 0.3 is 0 Å². The van der Waals surface area contributed by atoms with Crippen LogP contribution in [0, 0.1) is 13.8 Å². The van der Waals surface area contributed by atoms with Gasteiger partial charge in [0.1, 0.15) is 5.01 Å². The minimum absolute atomic E-state index is 0.0903. The SMILES string of the molecule is Cc1csc(-c2ccc(C(=O)NCc3csc(C)n3)cc2)n1. The molecule has 0 aliphatic rings. The van der Waals surface area contributed by atoms with Gasteiger partial charge in [-0.05, 0) is 26.0 Å². The Labute approximate surface area is 136 Å². The lowest BCUT2D eigenvalue weighted by Crippen LogP contribution is -2.22. The number of amides is 1. The summed E-state index contributed by atoms with van der Waals surface area (Å²) in [4.78, 5) is 20.9. The van der Waals surface area contributed by atoms with Gasteiger partial charge in [-0.2, -0.15) is 0 Å². The highest BCUT2D eigenvalue weighted by Gasteiger charge is 2.08. The molecule has 0 saturated heterocycles. The minimum atomic E-state index is -0.0903. The number of carbonyl (C=O) groups is 1. The van der Waals surface area contributed by atoms with Crippen molar-refractivity contribution in [3.8, 4) is 10.6 Å². The van der Waals surface area contributed by atoms with E-state index in [1.807, 2.05) is 48.9 Å². The third-order valence-electron chi connectivity index (χ3n) is 3.11.